The van der Waals surface area contributed by atoms with Gasteiger partial charge in [0, 0.05) is 18.7 Å². The number of methoxy groups -OCH3 is 1. The molecule has 0 radical (unpaired) electrons. The van der Waals surface area contributed by atoms with Crippen LogP contribution in [0.5, 0.6) is 5.75 Å². The number of carbonyl (C=O) groups is 2. The Labute approximate surface area is 159 Å². The summed E-state index contributed by atoms with van der Waals surface area (Å²) >= 11 is 0. The summed E-state index contributed by atoms with van der Waals surface area (Å²) in [5, 5.41) is 33.6. The Bertz CT molecular complexity index is 929. The average molecular weight is 387 g/mol. The largest absolute Gasteiger partial charge is 0.497 e. The molecule has 0 spiro atoms. The summed E-state index contributed by atoms with van der Waals surface area (Å²) in [7, 11) is 1.53. The summed E-state index contributed by atoms with van der Waals surface area (Å²) in [5.41, 5.74) is 0.279. The van der Waals surface area contributed by atoms with E-state index >= 15 is 0 Å². The highest BCUT2D eigenvalue weighted by Gasteiger charge is 2.43. The van der Waals surface area contributed by atoms with Crippen LogP contribution in [0.25, 0.3) is 0 Å². The predicted molar refractivity (Wildman–Crippen MR) is 94.6 cm³/mol. The van der Waals surface area contributed by atoms with E-state index in [1.807, 2.05) is 0 Å². The summed E-state index contributed by atoms with van der Waals surface area (Å²) in [6.07, 6.45) is -1.82. The van der Waals surface area contributed by atoms with Crippen molar-refractivity contribution in [3.8, 4) is 5.75 Å². The lowest BCUT2D eigenvalue weighted by Crippen LogP contribution is -2.50. The van der Waals surface area contributed by atoms with Crippen molar-refractivity contribution in [1.82, 2.24) is 10.4 Å². The Balaban J connectivity index is 1.85. The van der Waals surface area contributed by atoms with Crippen LogP contribution in [0.4, 0.5) is 5.69 Å². The third-order valence-electron chi connectivity index (χ3n) is 4.48. The quantitative estimate of drug-likeness (QED) is 0.397. The lowest BCUT2D eigenvalue weighted by molar-refractivity contribution is -0.384. The van der Waals surface area contributed by atoms with Gasteiger partial charge in [0.1, 0.15) is 11.7 Å². The van der Waals surface area contributed by atoms with Gasteiger partial charge in [0.15, 0.2) is 6.23 Å². The minimum absolute atomic E-state index is 0.00366. The molecule has 0 saturated carbocycles. The van der Waals surface area contributed by atoms with E-state index < -0.39 is 28.9 Å². The van der Waals surface area contributed by atoms with E-state index in [9.17, 15) is 30.0 Å². The number of benzene rings is 2. The molecule has 3 N–H and O–H groups in total. The topological polar surface area (TPSA) is 142 Å². The molecule has 10 heteroatoms. The van der Waals surface area contributed by atoms with Gasteiger partial charge in [0.25, 0.3) is 11.6 Å². The first-order valence-electron chi connectivity index (χ1n) is 8.23. The maximum atomic E-state index is 12.7. The van der Waals surface area contributed by atoms with Crippen LogP contribution in [0.1, 0.15) is 27.4 Å². The molecule has 2 aromatic rings. The van der Waals surface area contributed by atoms with Gasteiger partial charge in [0.2, 0.25) is 5.91 Å². The van der Waals surface area contributed by atoms with Crippen LogP contribution >= 0.6 is 0 Å². The Morgan fingerprint density at radius 2 is 1.96 bits per heavy atom. The lowest BCUT2D eigenvalue weighted by Gasteiger charge is -2.34. The summed E-state index contributed by atoms with van der Waals surface area (Å²) < 4.78 is 5.06. The van der Waals surface area contributed by atoms with Crippen LogP contribution in [0, 0.1) is 10.1 Å². The van der Waals surface area contributed by atoms with Gasteiger partial charge in [-0.05, 0) is 23.3 Å². The predicted octanol–water partition coefficient (Wildman–Crippen LogP) is 1.17. The van der Waals surface area contributed by atoms with Gasteiger partial charge in [0.05, 0.1) is 17.6 Å². The minimum Gasteiger partial charge on any atom is -0.497 e. The molecule has 3 rings (SSSR count). The van der Waals surface area contributed by atoms with Gasteiger partial charge < -0.3 is 15.2 Å². The number of nitrogens with zero attached hydrogens (tertiary/aromatic N) is 2. The highest BCUT2D eigenvalue weighted by molar-refractivity contribution is 6.00. The molecular formula is C18H17N3O7. The first kappa shape index (κ1) is 19.3. The number of ether oxygens (including phenoxy) is 1. The summed E-state index contributed by atoms with van der Waals surface area (Å²) in [4.78, 5) is 35.1. The van der Waals surface area contributed by atoms with Gasteiger partial charge >= 0.3 is 0 Å². The van der Waals surface area contributed by atoms with E-state index in [-0.39, 0.29) is 28.4 Å². The van der Waals surface area contributed by atoms with E-state index in [0.29, 0.717) is 5.75 Å². The fourth-order valence-corrected chi connectivity index (χ4v) is 2.98. The van der Waals surface area contributed by atoms with Crippen molar-refractivity contribution in [3.63, 3.8) is 0 Å². The smallest absolute Gasteiger partial charge is 0.280 e. The molecule has 1 aliphatic heterocycles. The van der Waals surface area contributed by atoms with E-state index in [0.717, 1.165) is 17.7 Å². The third kappa shape index (κ3) is 3.50. The standard InChI is InChI=1S/C18H17N3O7/c1-28-12-5-2-10(3-6-12)9-19-16(22)15-13-7-4-11(21(26)27)8-14(13)17(23)20(25)18(15)24/h2-8,15,18,24-25H,9H2,1H3,(H,19,22). The van der Waals surface area contributed by atoms with E-state index in [2.05, 4.69) is 5.32 Å². The van der Waals surface area contributed by atoms with Crippen LogP contribution in [0.2, 0.25) is 0 Å². The number of aliphatic hydroxyl groups excluding tert-OH is 1. The second kappa shape index (κ2) is 7.62. The van der Waals surface area contributed by atoms with E-state index in [1.54, 1.807) is 24.3 Å². The average Bonchev–Trinajstić information content (AvgIpc) is 2.70. The molecule has 2 atom stereocenters. The van der Waals surface area contributed by atoms with E-state index in [4.69, 9.17) is 4.74 Å². The second-order valence-electron chi connectivity index (χ2n) is 6.14. The molecule has 28 heavy (non-hydrogen) atoms. The number of fused-ring (bicyclic) bond motifs is 1. The van der Waals surface area contributed by atoms with E-state index in [1.165, 1.54) is 13.2 Å². The molecule has 0 saturated heterocycles. The van der Waals surface area contributed by atoms with Crippen LogP contribution in [-0.2, 0) is 11.3 Å². The van der Waals surface area contributed by atoms with Crippen molar-refractivity contribution in [3.05, 3.63) is 69.3 Å². The number of aliphatic hydroxyl groups is 1. The molecule has 1 heterocycles. The Morgan fingerprint density at radius 3 is 2.57 bits per heavy atom. The fraction of sp³-hybridized carbons (Fsp3) is 0.222. The highest BCUT2D eigenvalue weighted by Crippen LogP contribution is 2.33. The van der Waals surface area contributed by atoms with Crippen LogP contribution in [0.15, 0.2) is 42.5 Å². The highest BCUT2D eigenvalue weighted by atomic mass is 16.6. The number of nitrogens with one attached hydrogen (secondary N) is 1. The Hall–Kier alpha value is -3.50. The molecule has 2 amide bonds. The van der Waals surface area contributed by atoms with Gasteiger partial charge in [-0.1, -0.05) is 18.2 Å². The van der Waals surface area contributed by atoms with Gasteiger partial charge in [-0.15, -0.1) is 0 Å². The normalized spacial score (nSPS) is 18.4. The van der Waals surface area contributed by atoms with Crippen LogP contribution in [-0.4, -0.2) is 45.5 Å². The molecule has 2 unspecified atom stereocenters. The van der Waals surface area contributed by atoms with Gasteiger partial charge in [-0.25, -0.2) is 0 Å². The lowest BCUT2D eigenvalue weighted by atomic mass is 9.87. The molecule has 0 fully saturated rings. The minimum atomic E-state index is -1.82. The SMILES string of the molecule is COc1ccc(CNC(=O)C2c3ccc([N+](=O)[O-])cc3C(=O)N(O)C2O)cc1. The number of nitro benzene ring substituents is 1. The zero-order valence-electron chi connectivity index (χ0n) is 14.7. The van der Waals surface area contributed by atoms with Crippen molar-refractivity contribution in [2.45, 2.75) is 18.7 Å². The summed E-state index contributed by atoms with van der Waals surface area (Å²) in [6.45, 7) is 0.133. The molecule has 10 nitrogen and oxygen atoms in total. The van der Waals surface area contributed by atoms with Crippen molar-refractivity contribution in [2.75, 3.05) is 7.11 Å². The number of amides is 2. The van der Waals surface area contributed by atoms with Crippen LogP contribution in [0.3, 0.4) is 0 Å². The summed E-state index contributed by atoms with van der Waals surface area (Å²) in [6, 6.07) is 10.3. The number of hydrogen-bond donors (Lipinski definition) is 3. The Kier molecular flexibility index (Phi) is 5.25. The number of non-ortho nitro benzene ring substituents is 1. The zero-order chi connectivity index (χ0) is 20.4. The van der Waals surface area contributed by atoms with Gasteiger partial charge in [-0.3, -0.25) is 24.9 Å². The third-order valence-corrected chi connectivity index (χ3v) is 4.48. The Morgan fingerprint density at radius 1 is 1.29 bits per heavy atom. The maximum Gasteiger partial charge on any atom is 0.280 e. The molecule has 0 bridgehead atoms. The number of hydroxylamine groups is 2. The monoisotopic (exact) mass is 387 g/mol. The van der Waals surface area contributed by atoms with Crippen LogP contribution < -0.4 is 10.1 Å². The number of nitro groups is 1. The first-order chi connectivity index (χ1) is 13.3. The van der Waals surface area contributed by atoms with Crippen molar-refractivity contribution < 1.29 is 29.6 Å². The number of hydrogen-bond acceptors (Lipinski definition) is 7. The molecule has 0 aromatic heterocycles. The molecule has 0 aliphatic carbocycles. The fourth-order valence-electron chi connectivity index (χ4n) is 2.98. The molecule has 2 aromatic carbocycles. The van der Waals surface area contributed by atoms with Crippen molar-refractivity contribution in [1.29, 1.82) is 0 Å². The summed E-state index contributed by atoms with van der Waals surface area (Å²) in [5.74, 6) is -2.32. The zero-order valence-corrected chi connectivity index (χ0v) is 14.7. The first-order valence-corrected chi connectivity index (χ1v) is 8.23. The number of carbonyl (C=O) groups excluding carboxylic acids is 2. The molecule has 1 aliphatic rings. The van der Waals surface area contributed by atoms with Crippen molar-refractivity contribution >= 4 is 17.5 Å². The second-order valence-corrected chi connectivity index (χ2v) is 6.14. The molecular weight excluding hydrogens is 370 g/mol. The van der Waals surface area contributed by atoms with Crippen molar-refractivity contribution in [2.24, 2.45) is 0 Å². The molecule has 146 valence electrons. The number of rotatable bonds is 5. The maximum absolute atomic E-state index is 12.7. The van der Waals surface area contributed by atoms with Gasteiger partial charge in [-0.2, -0.15) is 5.06 Å².